The third kappa shape index (κ3) is 6.09. The van der Waals surface area contributed by atoms with Crippen LogP contribution in [0.25, 0.3) is 0 Å². The SMILES string of the molecule is CN(C)c1ccc(NC2CCCN(C(=O)COC3CCCCC3)CC2)cn1. The van der Waals surface area contributed by atoms with Crippen LogP contribution in [0.15, 0.2) is 18.3 Å². The zero-order valence-corrected chi connectivity index (χ0v) is 16.8. The van der Waals surface area contributed by atoms with E-state index >= 15 is 0 Å². The zero-order chi connectivity index (χ0) is 19.1. The summed E-state index contributed by atoms with van der Waals surface area (Å²) in [7, 11) is 3.98. The van der Waals surface area contributed by atoms with Crippen molar-refractivity contribution in [2.75, 3.05) is 44.0 Å². The third-order valence-electron chi connectivity index (χ3n) is 5.65. The highest BCUT2D eigenvalue weighted by Crippen LogP contribution is 2.21. The van der Waals surface area contributed by atoms with Gasteiger partial charge < -0.3 is 19.9 Å². The maximum absolute atomic E-state index is 12.5. The van der Waals surface area contributed by atoms with Crippen LogP contribution in [0.1, 0.15) is 51.4 Å². The van der Waals surface area contributed by atoms with E-state index in [4.69, 9.17) is 4.74 Å². The summed E-state index contributed by atoms with van der Waals surface area (Å²) < 4.78 is 5.87. The molecule has 6 nitrogen and oxygen atoms in total. The molecule has 1 saturated carbocycles. The number of hydrogen-bond donors (Lipinski definition) is 1. The number of hydrogen-bond acceptors (Lipinski definition) is 5. The van der Waals surface area contributed by atoms with Crippen LogP contribution in [-0.2, 0) is 9.53 Å². The number of pyridine rings is 1. The summed E-state index contributed by atoms with van der Waals surface area (Å²) in [6.07, 6.45) is 11.2. The number of aromatic nitrogens is 1. The Labute approximate surface area is 163 Å². The van der Waals surface area contributed by atoms with Gasteiger partial charge in [-0.15, -0.1) is 0 Å². The van der Waals surface area contributed by atoms with Gasteiger partial charge in [0.25, 0.3) is 0 Å². The fourth-order valence-corrected chi connectivity index (χ4v) is 3.97. The van der Waals surface area contributed by atoms with Crippen molar-refractivity contribution < 1.29 is 9.53 Å². The van der Waals surface area contributed by atoms with E-state index in [1.165, 1.54) is 19.3 Å². The maximum Gasteiger partial charge on any atom is 0.248 e. The zero-order valence-electron chi connectivity index (χ0n) is 16.8. The molecule has 1 saturated heterocycles. The third-order valence-corrected chi connectivity index (χ3v) is 5.65. The molecule has 0 aromatic carbocycles. The molecule has 2 heterocycles. The van der Waals surface area contributed by atoms with Crippen molar-refractivity contribution in [3.8, 4) is 0 Å². The number of ether oxygens (including phenoxy) is 1. The number of likely N-dealkylation sites (tertiary alicyclic amines) is 1. The number of carbonyl (C=O) groups is 1. The van der Waals surface area contributed by atoms with Crippen molar-refractivity contribution in [2.45, 2.75) is 63.5 Å². The quantitative estimate of drug-likeness (QED) is 0.828. The predicted octanol–water partition coefficient (Wildman–Crippen LogP) is 3.29. The molecule has 1 unspecified atom stereocenters. The van der Waals surface area contributed by atoms with Gasteiger partial charge in [-0.2, -0.15) is 0 Å². The Morgan fingerprint density at radius 1 is 1.15 bits per heavy atom. The van der Waals surface area contributed by atoms with Crippen molar-refractivity contribution in [2.24, 2.45) is 0 Å². The van der Waals surface area contributed by atoms with Gasteiger partial charge in [0.1, 0.15) is 12.4 Å². The number of carbonyl (C=O) groups excluding carboxylic acids is 1. The molecule has 0 radical (unpaired) electrons. The second-order valence-electron chi connectivity index (χ2n) is 8.02. The molecule has 1 N–H and O–H groups in total. The standard InChI is InChI=1S/C21H34N4O2/c1-24(2)20-11-10-18(15-22-20)23-17-7-6-13-25(14-12-17)21(26)16-27-19-8-4-3-5-9-19/h10-11,15,17,19,23H,3-9,12-14,16H2,1-2H3. The van der Waals surface area contributed by atoms with Crippen LogP contribution < -0.4 is 10.2 Å². The fourth-order valence-electron chi connectivity index (χ4n) is 3.97. The van der Waals surface area contributed by atoms with Crippen molar-refractivity contribution in [3.05, 3.63) is 18.3 Å². The first-order valence-electron chi connectivity index (χ1n) is 10.4. The summed E-state index contributed by atoms with van der Waals surface area (Å²) in [6.45, 7) is 1.88. The van der Waals surface area contributed by atoms with Gasteiger partial charge in [0.05, 0.1) is 18.0 Å². The molecule has 27 heavy (non-hydrogen) atoms. The highest BCUT2D eigenvalue weighted by atomic mass is 16.5. The summed E-state index contributed by atoms with van der Waals surface area (Å²) in [4.78, 5) is 21.0. The first-order chi connectivity index (χ1) is 13.1. The average Bonchev–Trinajstić information content (AvgIpc) is 2.93. The predicted molar refractivity (Wildman–Crippen MR) is 109 cm³/mol. The first kappa shape index (κ1) is 19.9. The number of anilines is 2. The van der Waals surface area contributed by atoms with Gasteiger partial charge >= 0.3 is 0 Å². The summed E-state index contributed by atoms with van der Waals surface area (Å²) >= 11 is 0. The van der Waals surface area contributed by atoms with E-state index in [0.717, 1.165) is 56.7 Å². The topological polar surface area (TPSA) is 57.7 Å². The largest absolute Gasteiger partial charge is 0.381 e. The van der Waals surface area contributed by atoms with Crippen LogP contribution in [-0.4, -0.2) is 61.7 Å². The van der Waals surface area contributed by atoms with Gasteiger partial charge in [0.2, 0.25) is 5.91 Å². The normalized spacial score (nSPS) is 21.6. The molecule has 0 spiro atoms. The molecule has 1 atom stereocenters. The summed E-state index contributed by atoms with van der Waals surface area (Å²) in [6, 6.07) is 4.49. The average molecular weight is 375 g/mol. The number of amides is 1. The lowest BCUT2D eigenvalue weighted by molar-refractivity contribution is -0.138. The Hall–Kier alpha value is -1.82. The molecule has 1 aromatic rings. The van der Waals surface area contributed by atoms with Crippen molar-refractivity contribution in [1.82, 2.24) is 9.88 Å². The molecular weight excluding hydrogens is 340 g/mol. The molecule has 3 rings (SSSR count). The minimum absolute atomic E-state index is 0.151. The fraction of sp³-hybridized carbons (Fsp3) is 0.714. The van der Waals surface area contributed by atoms with Crippen molar-refractivity contribution in [1.29, 1.82) is 0 Å². The molecule has 2 aliphatic rings. The van der Waals surface area contributed by atoms with Crippen LogP contribution in [0.5, 0.6) is 0 Å². The lowest BCUT2D eigenvalue weighted by Gasteiger charge is -2.25. The molecule has 1 aromatic heterocycles. The summed E-state index contributed by atoms with van der Waals surface area (Å²) in [5.41, 5.74) is 1.05. The van der Waals surface area contributed by atoms with E-state index in [-0.39, 0.29) is 12.5 Å². The molecule has 150 valence electrons. The molecule has 2 fully saturated rings. The Morgan fingerprint density at radius 2 is 1.96 bits per heavy atom. The molecule has 1 aliphatic carbocycles. The Bertz CT molecular complexity index is 584. The Kier molecular flexibility index (Phi) is 7.33. The van der Waals surface area contributed by atoms with Gasteiger partial charge in [-0.1, -0.05) is 19.3 Å². The van der Waals surface area contributed by atoms with Crippen molar-refractivity contribution >= 4 is 17.4 Å². The van der Waals surface area contributed by atoms with E-state index in [2.05, 4.69) is 16.4 Å². The monoisotopic (exact) mass is 374 g/mol. The summed E-state index contributed by atoms with van der Waals surface area (Å²) in [5.74, 6) is 1.11. The van der Waals surface area contributed by atoms with Gasteiger partial charge in [0, 0.05) is 33.2 Å². The van der Waals surface area contributed by atoms with Crippen LogP contribution in [0.3, 0.4) is 0 Å². The second-order valence-corrected chi connectivity index (χ2v) is 8.02. The number of nitrogens with zero attached hydrogens (tertiary/aromatic N) is 3. The van der Waals surface area contributed by atoms with E-state index < -0.39 is 0 Å². The number of rotatable bonds is 6. The molecule has 1 aliphatic heterocycles. The molecule has 0 bridgehead atoms. The van der Waals surface area contributed by atoms with E-state index in [0.29, 0.717) is 12.1 Å². The highest BCUT2D eigenvalue weighted by Gasteiger charge is 2.22. The second kappa shape index (κ2) is 9.93. The maximum atomic E-state index is 12.5. The Morgan fingerprint density at radius 3 is 2.67 bits per heavy atom. The highest BCUT2D eigenvalue weighted by molar-refractivity contribution is 5.77. The summed E-state index contributed by atoms with van der Waals surface area (Å²) in [5, 5.41) is 3.58. The molecule has 1 amide bonds. The molecule has 6 heteroatoms. The van der Waals surface area contributed by atoms with Gasteiger partial charge in [0.15, 0.2) is 0 Å². The lowest BCUT2D eigenvalue weighted by Crippen LogP contribution is -2.36. The Balaban J connectivity index is 1.43. The molecular formula is C21H34N4O2. The van der Waals surface area contributed by atoms with Crippen molar-refractivity contribution in [3.63, 3.8) is 0 Å². The van der Waals surface area contributed by atoms with Gasteiger partial charge in [-0.05, 0) is 44.2 Å². The first-order valence-corrected chi connectivity index (χ1v) is 10.4. The van der Waals surface area contributed by atoms with Gasteiger partial charge in [-0.25, -0.2) is 4.98 Å². The number of nitrogens with one attached hydrogen (secondary N) is 1. The van der Waals surface area contributed by atoms with E-state index in [1.54, 1.807) is 0 Å². The smallest absolute Gasteiger partial charge is 0.248 e. The van der Waals surface area contributed by atoms with Crippen LogP contribution in [0, 0.1) is 0 Å². The minimum atomic E-state index is 0.151. The van der Waals surface area contributed by atoms with Gasteiger partial charge in [-0.3, -0.25) is 4.79 Å². The minimum Gasteiger partial charge on any atom is -0.381 e. The lowest BCUT2D eigenvalue weighted by atomic mass is 9.98. The van der Waals surface area contributed by atoms with Crippen LogP contribution in [0.4, 0.5) is 11.5 Å². The van der Waals surface area contributed by atoms with Crippen LogP contribution >= 0.6 is 0 Å². The van der Waals surface area contributed by atoms with E-state index in [9.17, 15) is 4.79 Å². The van der Waals surface area contributed by atoms with E-state index in [1.807, 2.05) is 36.2 Å². The van der Waals surface area contributed by atoms with Crippen LogP contribution in [0.2, 0.25) is 0 Å².